The van der Waals surface area contributed by atoms with Crippen LogP contribution in [-0.4, -0.2) is 36.3 Å². The summed E-state index contributed by atoms with van der Waals surface area (Å²) in [5.74, 6) is 1.00. The topological polar surface area (TPSA) is 38.2 Å². The van der Waals surface area contributed by atoms with E-state index >= 15 is 0 Å². The molecule has 1 aliphatic carbocycles. The van der Waals surface area contributed by atoms with Gasteiger partial charge < -0.3 is 9.64 Å². The number of nitrogens with zero attached hydrogens (tertiary/aromatic N) is 3. The molecule has 1 aromatic rings. The molecule has 0 saturated carbocycles. The second-order valence-electron chi connectivity index (χ2n) is 5.00. The Bertz CT molecular complexity index is 536. The number of halogens is 1. The quantitative estimate of drug-likeness (QED) is 0.780. The summed E-state index contributed by atoms with van der Waals surface area (Å²) in [6, 6.07) is 0. The third kappa shape index (κ3) is 2.23. The van der Waals surface area contributed by atoms with Crippen LogP contribution in [0.3, 0.4) is 0 Å². The monoisotopic (exact) mass is 279 g/mol. The summed E-state index contributed by atoms with van der Waals surface area (Å²) in [7, 11) is 0. The van der Waals surface area contributed by atoms with Crippen molar-refractivity contribution in [3.63, 3.8) is 0 Å². The molecule has 2 aliphatic rings. The van der Waals surface area contributed by atoms with E-state index in [4.69, 9.17) is 16.3 Å². The molecule has 102 valence electrons. The van der Waals surface area contributed by atoms with E-state index in [1.165, 1.54) is 16.7 Å². The minimum Gasteiger partial charge on any atom is -0.378 e. The molecule has 0 spiro atoms. The maximum absolute atomic E-state index is 6.10. The molecule has 1 fully saturated rings. The van der Waals surface area contributed by atoms with Gasteiger partial charge in [-0.3, -0.25) is 0 Å². The second kappa shape index (κ2) is 5.10. The fourth-order valence-electron chi connectivity index (χ4n) is 2.86. The first-order chi connectivity index (χ1) is 9.20. The molecule has 0 aromatic carbocycles. The second-order valence-corrected chi connectivity index (χ2v) is 5.34. The van der Waals surface area contributed by atoms with Crippen LogP contribution in [0.2, 0.25) is 5.28 Å². The average Bonchev–Trinajstić information content (AvgIpc) is 2.76. The summed E-state index contributed by atoms with van der Waals surface area (Å²) in [5, 5.41) is 0.344. The molecular weight excluding hydrogens is 262 g/mol. The van der Waals surface area contributed by atoms with E-state index in [9.17, 15) is 0 Å². The van der Waals surface area contributed by atoms with Gasteiger partial charge in [-0.1, -0.05) is 12.5 Å². The summed E-state index contributed by atoms with van der Waals surface area (Å²) in [6.07, 6.45) is 2.02. The van der Waals surface area contributed by atoms with Crippen molar-refractivity contribution in [1.29, 1.82) is 0 Å². The highest BCUT2D eigenvalue weighted by molar-refractivity contribution is 6.28. The van der Waals surface area contributed by atoms with Crippen LogP contribution in [0.15, 0.2) is 5.57 Å². The highest BCUT2D eigenvalue weighted by Crippen LogP contribution is 2.38. The molecule has 19 heavy (non-hydrogen) atoms. The first-order valence-electron chi connectivity index (χ1n) is 6.78. The number of anilines is 1. The van der Waals surface area contributed by atoms with E-state index in [1.807, 2.05) is 0 Å². The van der Waals surface area contributed by atoms with Gasteiger partial charge in [0.2, 0.25) is 5.28 Å². The van der Waals surface area contributed by atoms with Crippen molar-refractivity contribution >= 4 is 23.0 Å². The number of morpholine rings is 1. The Balaban J connectivity index is 2.03. The first-order valence-corrected chi connectivity index (χ1v) is 7.16. The molecule has 0 N–H and O–H groups in total. The van der Waals surface area contributed by atoms with Crippen LogP contribution in [0.1, 0.15) is 31.5 Å². The Morgan fingerprint density at radius 1 is 1.26 bits per heavy atom. The Kier molecular flexibility index (Phi) is 3.46. The van der Waals surface area contributed by atoms with Gasteiger partial charge in [-0.2, -0.15) is 0 Å². The maximum atomic E-state index is 6.10. The van der Waals surface area contributed by atoms with Gasteiger partial charge in [0.25, 0.3) is 0 Å². The maximum Gasteiger partial charge on any atom is 0.224 e. The molecule has 0 bridgehead atoms. The zero-order valence-electron chi connectivity index (χ0n) is 11.4. The Morgan fingerprint density at radius 2 is 2.00 bits per heavy atom. The number of allylic oxidation sites excluding steroid dienone is 2. The summed E-state index contributed by atoms with van der Waals surface area (Å²) in [4.78, 5) is 11.2. The normalized spacial score (nSPS) is 19.0. The minimum atomic E-state index is 0.344. The van der Waals surface area contributed by atoms with Crippen molar-refractivity contribution in [2.45, 2.75) is 26.7 Å². The number of rotatable bonds is 2. The van der Waals surface area contributed by atoms with Crippen molar-refractivity contribution < 1.29 is 4.74 Å². The SMILES string of the molecule is CCC1=C(C)c2nc(Cl)nc(N3CCOCC3)c2C1. The third-order valence-corrected chi connectivity index (χ3v) is 4.14. The van der Waals surface area contributed by atoms with Crippen LogP contribution in [0.25, 0.3) is 5.57 Å². The van der Waals surface area contributed by atoms with E-state index in [0.29, 0.717) is 5.28 Å². The van der Waals surface area contributed by atoms with Gasteiger partial charge in [-0.15, -0.1) is 0 Å². The number of hydrogen-bond acceptors (Lipinski definition) is 4. The van der Waals surface area contributed by atoms with E-state index in [0.717, 1.165) is 50.7 Å². The van der Waals surface area contributed by atoms with Gasteiger partial charge in [0.1, 0.15) is 5.82 Å². The Hall–Kier alpha value is -1.13. The predicted molar refractivity (Wildman–Crippen MR) is 76.7 cm³/mol. The molecule has 3 rings (SSSR count). The van der Waals surface area contributed by atoms with Crippen molar-refractivity contribution in [2.24, 2.45) is 0 Å². The standard InChI is InChI=1S/C14H18ClN3O/c1-3-10-8-11-12(9(10)2)16-14(15)17-13(11)18-4-6-19-7-5-18/h3-8H2,1-2H3. The number of ether oxygens (including phenoxy) is 1. The van der Waals surface area contributed by atoms with E-state index in [2.05, 4.69) is 28.7 Å². The molecule has 0 radical (unpaired) electrons. The van der Waals surface area contributed by atoms with Gasteiger partial charge in [0.05, 0.1) is 18.9 Å². The molecule has 5 heteroatoms. The van der Waals surface area contributed by atoms with E-state index in [-0.39, 0.29) is 0 Å². The van der Waals surface area contributed by atoms with Crippen LogP contribution in [0.5, 0.6) is 0 Å². The summed E-state index contributed by atoms with van der Waals surface area (Å²) in [6.45, 7) is 7.58. The number of aromatic nitrogens is 2. The van der Waals surface area contributed by atoms with Gasteiger partial charge in [-0.05, 0) is 36.9 Å². The molecule has 1 aliphatic heterocycles. The molecule has 4 nitrogen and oxygen atoms in total. The van der Waals surface area contributed by atoms with E-state index < -0.39 is 0 Å². The van der Waals surface area contributed by atoms with Crippen LogP contribution in [0, 0.1) is 0 Å². The van der Waals surface area contributed by atoms with Gasteiger partial charge in [0, 0.05) is 18.7 Å². The summed E-state index contributed by atoms with van der Waals surface area (Å²) < 4.78 is 5.41. The van der Waals surface area contributed by atoms with E-state index in [1.54, 1.807) is 0 Å². The lowest BCUT2D eigenvalue weighted by Crippen LogP contribution is -2.37. The van der Waals surface area contributed by atoms with Gasteiger partial charge in [-0.25, -0.2) is 9.97 Å². The number of hydrogen-bond donors (Lipinski definition) is 0. The molecular formula is C14H18ClN3O. The highest BCUT2D eigenvalue weighted by atomic mass is 35.5. The smallest absolute Gasteiger partial charge is 0.224 e. The Labute approximate surface area is 118 Å². The largest absolute Gasteiger partial charge is 0.378 e. The molecule has 1 saturated heterocycles. The fraction of sp³-hybridized carbons (Fsp3) is 0.571. The minimum absolute atomic E-state index is 0.344. The fourth-order valence-corrected chi connectivity index (χ4v) is 3.02. The van der Waals surface area contributed by atoms with Crippen LogP contribution in [-0.2, 0) is 11.2 Å². The highest BCUT2D eigenvalue weighted by Gasteiger charge is 2.27. The molecule has 1 aromatic heterocycles. The Morgan fingerprint density at radius 3 is 2.68 bits per heavy atom. The van der Waals surface area contributed by atoms with Crippen LogP contribution >= 0.6 is 11.6 Å². The average molecular weight is 280 g/mol. The lowest BCUT2D eigenvalue weighted by atomic mass is 10.1. The number of fused-ring (bicyclic) bond motifs is 1. The van der Waals surface area contributed by atoms with Gasteiger partial charge in [0.15, 0.2) is 0 Å². The zero-order valence-corrected chi connectivity index (χ0v) is 12.1. The first kappa shape index (κ1) is 12.9. The predicted octanol–water partition coefficient (Wildman–Crippen LogP) is 2.71. The molecule has 0 unspecified atom stereocenters. The lowest BCUT2D eigenvalue weighted by molar-refractivity contribution is 0.122. The molecule has 2 heterocycles. The van der Waals surface area contributed by atoms with Crippen molar-refractivity contribution in [3.8, 4) is 0 Å². The van der Waals surface area contributed by atoms with Crippen LogP contribution in [0.4, 0.5) is 5.82 Å². The molecule has 0 amide bonds. The third-order valence-electron chi connectivity index (χ3n) is 3.97. The van der Waals surface area contributed by atoms with Crippen molar-refractivity contribution in [1.82, 2.24) is 9.97 Å². The summed E-state index contributed by atoms with van der Waals surface area (Å²) >= 11 is 6.10. The molecule has 0 atom stereocenters. The van der Waals surface area contributed by atoms with Crippen LogP contribution < -0.4 is 4.90 Å². The van der Waals surface area contributed by atoms with Gasteiger partial charge >= 0.3 is 0 Å². The lowest BCUT2D eigenvalue weighted by Gasteiger charge is -2.29. The summed E-state index contributed by atoms with van der Waals surface area (Å²) in [5.41, 5.74) is 5.00. The van der Waals surface area contributed by atoms with Crippen molar-refractivity contribution in [2.75, 3.05) is 31.2 Å². The zero-order chi connectivity index (χ0) is 13.4. The van der Waals surface area contributed by atoms with Crippen molar-refractivity contribution in [3.05, 3.63) is 22.1 Å².